The van der Waals surface area contributed by atoms with E-state index in [1.165, 1.54) is 10.7 Å². The monoisotopic (exact) mass is 239 g/mol. The van der Waals surface area contributed by atoms with Crippen molar-refractivity contribution >= 4 is 23.1 Å². The van der Waals surface area contributed by atoms with E-state index in [1.807, 2.05) is 0 Å². The van der Waals surface area contributed by atoms with Gasteiger partial charge in [0.05, 0.1) is 5.54 Å². The van der Waals surface area contributed by atoms with Gasteiger partial charge in [0.25, 0.3) is 0 Å². The first-order valence-electron chi connectivity index (χ1n) is 4.99. The van der Waals surface area contributed by atoms with Crippen LogP contribution in [-0.2, 0) is 0 Å². The van der Waals surface area contributed by atoms with E-state index in [-0.39, 0.29) is 11.2 Å². The zero-order valence-electron chi connectivity index (χ0n) is 8.40. The van der Waals surface area contributed by atoms with Gasteiger partial charge in [0, 0.05) is 11.9 Å². The lowest BCUT2D eigenvalue weighted by molar-refractivity contribution is 0.826. The molecule has 0 aliphatic heterocycles. The minimum atomic E-state index is -0.285. The number of anilines is 1. The van der Waals surface area contributed by atoms with Gasteiger partial charge >= 0.3 is 5.69 Å². The Morgan fingerprint density at radius 3 is 3.12 bits per heavy atom. The van der Waals surface area contributed by atoms with Crippen LogP contribution in [0.3, 0.4) is 0 Å². The molecule has 0 unspecified atom stereocenters. The highest BCUT2D eigenvalue weighted by Crippen LogP contribution is 2.39. The molecule has 1 aliphatic carbocycles. The topological polar surface area (TPSA) is 75.1 Å². The third-order valence-electron chi connectivity index (χ3n) is 2.81. The van der Waals surface area contributed by atoms with Gasteiger partial charge in [0.2, 0.25) is 0 Å². The number of fused-ring (bicyclic) bond motifs is 1. The average Bonchev–Trinajstić information content (AvgIpc) is 2.98. The zero-order valence-corrected chi connectivity index (χ0v) is 9.16. The molecule has 3 rings (SSSR count). The summed E-state index contributed by atoms with van der Waals surface area (Å²) in [5.41, 5.74) is 0.254. The van der Waals surface area contributed by atoms with Crippen molar-refractivity contribution in [2.24, 2.45) is 0 Å². The molecule has 6 nitrogen and oxygen atoms in total. The number of nitrogens with zero attached hydrogens (tertiary/aromatic N) is 3. The summed E-state index contributed by atoms with van der Waals surface area (Å²) in [6.07, 6.45) is 3.56. The van der Waals surface area contributed by atoms with Gasteiger partial charge in [-0.15, -0.1) is 11.6 Å². The number of hydrogen-bond acceptors (Lipinski definition) is 4. The molecule has 0 spiro atoms. The third kappa shape index (κ3) is 1.46. The maximum atomic E-state index is 11.2. The Balaban J connectivity index is 1.96. The lowest BCUT2D eigenvalue weighted by Crippen LogP contribution is -2.23. The Bertz CT molecular complexity index is 585. The fourth-order valence-electron chi connectivity index (χ4n) is 1.59. The summed E-state index contributed by atoms with van der Waals surface area (Å²) in [4.78, 5) is 15.4. The minimum Gasteiger partial charge on any atom is -0.363 e. The summed E-state index contributed by atoms with van der Waals surface area (Å²) < 4.78 is 1.35. The van der Waals surface area contributed by atoms with Crippen molar-refractivity contribution in [1.82, 2.24) is 19.6 Å². The molecule has 2 aromatic heterocycles. The predicted molar refractivity (Wildman–Crippen MR) is 59.9 cm³/mol. The first-order valence-corrected chi connectivity index (χ1v) is 5.53. The van der Waals surface area contributed by atoms with Crippen LogP contribution in [0.5, 0.6) is 0 Å². The highest BCUT2D eigenvalue weighted by atomic mass is 35.5. The van der Waals surface area contributed by atoms with Crippen molar-refractivity contribution in [2.75, 3.05) is 11.2 Å². The summed E-state index contributed by atoms with van der Waals surface area (Å²) in [6.45, 7) is 0. The number of aromatic amines is 1. The van der Waals surface area contributed by atoms with E-state index in [0.717, 1.165) is 12.8 Å². The number of nitrogens with one attached hydrogen (secondary N) is 2. The summed E-state index contributed by atoms with van der Waals surface area (Å²) in [5, 5.41) is 9.50. The molecule has 2 heterocycles. The normalized spacial score (nSPS) is 17.6. The fraction of sp³-hybridized carbons (Fsp3) is 0.444. The van der Waals surface area contributed by atoms with E-state index in [0.29, 0.717) is 17.3 Å². The van der Waals surface area contributed by atoms with Crippen molar-refractivity contribution < 1.29 is 0 Å². The molecule has 1 fully saturated rings. The van der Waals surface area contributed by atoms with Gasteiger partial charge in [-0.2, -0.15) is 5.10 Å². The van der Waals surface area contributed by atoms with Gasteiger partial charge in [0.15, 0.2) is 5.65 Å². The smallest absolute Gasteiger partial charge is 0.348 e. The van der Waals surface area contributed by atoms with Crippen molar-refractivity contribution in [3.05, 3.63) is 22.9 Å². The van der Waals surface area contributed by atoms with Gasteiger partial charge < -0.3 is 5.32 Å². The van der Waals surface area contributed by atoms with Crippen LogP contribution in [0.15, 0.2) is 17.2 Å². The highest BCUT2D eigenvalue weighted by Gasteiger charge is 2.42. The first-order chi connectivity index (χ1) is 7.72. The lowest BCUT2D eigenvalue weighted by atomic mass is 10.3. The van der Waals surface area contributed by atoms with Crippen molar-refractivity contribution in [2.45, 2.75) is 18.4 Å². The molecule has 1 aliphatic rings. The van der Waals surface area contributed by atoms with Crippen LogP contribution < -0.4 is 11.0 Å². The second-order valence-electron chi connectivity index (χ2n) is 4.07. The van der Waals surface area contributed by atoms with Crippen molar-refractivity contribution in [1.29, 1.82) is 0 Å². The second kappa shape index (κ2) is 3.21. The van der Waals surface area contributed by atoms with E-state index < -0.39 is 0 Å². The molecule has 2 N–H and O–H groups in total. The quantitative estimate of drug-likeness (QED) is 0.770. The minimum absolute atomic E-state index is 0.0104. The maximum Gasteiger partial charge on any atom is 0.348 e. The SMILES string of the molecule is O=c1[nH]nc2cc(NC3(CCl)CC3)ncn12. The molecule has 1 saturated carbocycles. The van der Waals surface area contributed by atoms with E-state index in [2.05, 4.69) is 20.5 Å². The van der Waals surface area contributed by atoms with Gasteiger partial charge in [-0.05, 0) is 12.8 Å². The summed E-state index contributed by atoms with van der Waals surface area (Å²) in [5.74, 6) is 1.26. The van der Waals surface area contributed by atoms with Crippen LogP contribution in [0.4, 0.5) is 5.82 Å². The maximum absolute atomic E-state index is 11.2. The van der Waals surface area contributed by atoms with Crippen LogP contribution in [0.2, 0.25) is 0 Å². The lowest BCUT2D eigenvalue weighted by Gasteiger charge is -2.14. The molecule has 0 bridgehead atoms. The van der Waals surface area contributed by atoms with Crippen LogP contribution >= 0.6 is 11.6 Å². The molecule has 84 valence electrons. The Morgan fingerprint density at radius 2 is 2.44 bits per heavy atom. The number of H-pyrrole nitrogens is 1. The van der Waals surface area contributed by atoms with Crippen LogP contribution in [0, 0.1) is 0 Å². The van der Waals surface area contributed by atoms with E-state index in [4.69, 9.17) is 11.6 Å². The van der Waals surface area contributed by atoms with Gasteiger partial charge in [-0.3, -0.25) is 0 Å². The number of hydrogen-bond donors (Lipinski definition) is 2. The van der Waals surface area contributed by atoms with E-state index in [1.54, 1.807) is 6.07 Å². The molecule has 0 saturated heterocycles. The average molecular weight is 240 g/mol. The van der Waals surface area contributed by atoms with Crippen LogP contribution in [0.25, 0.3) is 5.65 Å². The zero-order chi connectivity index (χ0) is 11.2. The van der Waals surface area contributed by atoms with Crippen LogP contribution in [-0.4, -0.2) is 31.0 Å². The molecule has 0 radical (unpaired) electrons. The Hall–Kier alpha value is -1.56. The Labute approximate surface area is 95.6 Å². The highest BCUT2D eigenvalue weighted by molar-refractivity contribution is 6.19. The largest absolute Gasteiger partial charge is 0.363 e. The first kappa shape index (κ1) is 9.65. The van der Waals surface area contributed by atoms with Gasteiger partial charge in [0.1, 0.15) is 12.1 Å². The second-order valence-corrected chi connectivity index (χ2v) is 4.34. The molecule has 0 amide bonds. The summed E-state index contributed by atoms with van der Waals surface area (Å²) in [7, 11) is 0. The molecule has 7 heteroatoms. The summed E-state index contributed by atoms with van der Waals surface area (Å²) in [6, 6.07) is 1.73. The van der Waals surface area contributed by atoms with Gasteiger partial charge in [-0.25, -0.2) is 19.3 Å². The summed E-state index contributed by atoms with van der Waals surface area (Å²) >= 11 is 5.86. The molecule has 16 heavy (non-hydrogen) atoms. The van der Waals surface area contributed by atoms with Crippen molar-refractivity contribution in [3.8, 4) is 0 Å². The van der Waals surface area contributed by atoms with E-state index >= 15 is 0 Å². The fourth-order valence-corrected chi connectivity index (χ4v) is 1.93. The standard InChI is InChI=1S/C9H10ClN5O/c10-4-9(1-2-9)12-6-3-7-13-14-8(16)15(7)5-11-6/h3,5,12H,1-2,4H2,(H,14,16). The Kier molecular flexibility index (Phi) is 1.94. The number of aromatic nitrogens is 4. The Morgan fingerprint density at radius 1 is 1.62 bits per heavy atom. The van der Waals surface area contributed by atoms with Gasteiger partial charge in [-0.1, -0.05) is 0 Å². The molecule has 2 aromatic rings. The molecule has 0 atom stereocenters. The number of rotatable bonds is 3. The predicted octanol–water partition coefficient (Wildman–Crippen LogP) is 0.601. The van der Waals surface area contributed by atoms with Crippen molar-refractivity contribution in [3.63, 3.8) is 0 Å². The number of halogens is 1. The molecule has 0 aromatic carbocycles. The number of alkyl halides is 1. The third-order valence-corrected chi connectivity index (χ3v) is 3.32. The molecular weight excluding hydrogens is 230 g/mol. The van der Waals surface area contributed by atoms with E-state index in [9.17, 15) is 4.79 Å². The van der Waals surface area contributed by atoms with Crippen LogP contribution in [0.1, 0.15) is 12.8 Å². The molecular formula is C9H10ClN5O.